The van der Waals surface area contributed by atoms with E-state index in [-0.39, 0.29) is 6.10 Å². The Kier molecular flexibility index (Phi) is 3.13. The van der Waals surface area contributed by atoms with Gasteiger partial charge in [0.25, 0.3) is 5.79 Å². The third kappa shape index (κ3) is 1.93. The fourth-order valence-corrected chi connectivity index (χ4v) is 1.28. The van der Waals surface area contributed by atoms with Crippen LogP contribution in [0.25, 0.3) is 0 Å². The summed E-state index contributed by atoms with van der Waals surface area (Å²) < 4.78 is 11.0. The monoisotopic (exact) mass is 180 g/mol. The lowest BCUT2D eigenvalue weighted by Gasteiger charge is -2.19. The average molecular weight is 180 g/mol. The predicted octanol–water partition coefficient (Wildman–Crippen LogP) is 1.96. The van der Waals surface area contributed by atoms with Crippen LogP contribution in [0.3, 0.4) is 0 Å². The van der Waals surface area contributed by atoms with Crippen LogP contribution >= 0.6 is 0 Å². The molecule has 0 N–H and O–H groups in total. The van der Waals surface area contributed by atoms with Gasteiger partial charge >= 0.3 is 0 Å². The van der Waals surface area contributed by atoms with Crippen LogP contribution in [0.15, 0.2) is 12.7 Å². The molecule has 0 radical (unpaired) electrons. The van der Waals surface area contributed by atoms with Gasteiger partial charge < -0.3 is 9.47 Å². The Morgan fingerprint density at radius 3 is 2.92 bits per heavy atom. The lowest BCUT2D eigenvalue weighted by molar-refractivity contribution is -0.0878. The van der Waals surface area contributed by atoms with Gasteiger partial charge in [0.2, 0.25) is 0 Å². The van der Waals surface area contributed by atoms with Crippen molar-refractivity contribution in [3.05, 3.63) is 12.7 Å². The van der Waals surface area contributed by atoms with E-state index in [2.05, 4.69) is 26.3 Å². The summed E-state index contributed by atoms with van der Waals surface area (Å²) in [5, 5.41) is 0. The lowest BCUT2D eigenvalue weighted by Crippen LogP contribution is -2.27. The van der Waals surface area contributed by atoms with Crippen molar-refractivity contribution < 1.29 is 9.47 Å². The molecule has 0 aliphatic carbocycles. The second kappa shape index (κ2) is 3.95. The van der Waals surface area contributed by atoms with Crippen LogP contribution in [-0.2, 0) is 9.47 Å². The Morgan fingerprint density at radius 1 is 1.85 bits per heavy atom. The Hall–Kier alpha value is -0.780. The molecule has 2 heteroatoms. The molecule has 0 bridgehead atoms. The molecule has 1 rings (SSSR count). The summed E-state index contributed by atoms with van der Waals surface area (Å²) in [5.74, 6) is 1.96. The quantitative estimate of drug-likeness (QED) is 0.488. The van der Waals surface area contributed by atoms with Crippen LogP contribution < -0.4 is 0 Å². The first-order valence-corrected chi connectivity index (χ1v) is 4.60. The highest BCUT2D eigenvalue weighted by Crippen LogP contribution is 2.28. The first kappa shape index (κ1) is 10.3. The average Bonchev–Trinajstić information content (AvgIpc) is 2.61. The SMILES string of the molecule is C#CC1(C=C)OCC(C(C)CC)O1. The summed E-state index contributed by atoms with van der Waals surface area (Å²) in [6.45, 7) is 8.43. The molecule has 1 aliphatic heterocycles. The van der Waals surface area contributed by atoms with Gasteiger partial charge in [-0.3, -0.25) is 0 Å². The smallest absolute Gasteiger partial charge is 0.254 e. The molecule has 13 heavy (non-hydrogen) atoms. The van der Waals surface area contributed by atoms with Crippen molar-refractivity contribution in [2.24, 2.45) is 5.92 Å². The molecular weight excluding hydrogens is 164 g/mol. The molecule has 0 aromatic heterocycles. The Bertz CT molecular complexity index is 229. The Labute approximate surface area is 79.9 Å². The molecule has 0 aromatic carbocycles. The van der Waals surface area contributed by atoms with Crippen molar-refractivity contribution in [3.8, 4) is 12.3 Å². The molecule has 1 aliphatic rings. The van der Waals surface area contributed by atoms with Gasteiger partial charge in [-0.1, -0.05) is 26.8 Å². The number of terminal acetylenes is 1. The molecule has 2 nitrogen and oxygen atoms in total. The number of hydrogen-bond acceptors (Lipinski definition) is 2. The number of ether oxygens (including phenoxy) is 2. The Balaban J connectivity index is 2.63. The van der Waals surface area contributed by atoms with Gasteiger partial charge in [-0.2, -0.15) is 0 Å². The van der Waals surface area contributed by atoms with Crippen molar-refractivity contribution in [3.63, 3.8) is 0 Å². The van der Waals surface area contributed by atoms with Crippen molar-refractivity contribution in [1.29, 1.82) is 0 Å². The highest BCUT2D eigenvalue weighted by atomic mass is 16.7. The van der Waals surface area contributed by atoms with Crippen LogP contribution in [0, 0.1) is 18.3 Å². The summed E-state index contributed by atoms with van der Waals surface area (Å²) >= 11 is 0. The third-order valence-electron chi connectivity index (χ3n) is 2.54. The van der Waals surface area contributed by atoms with Gasteiger partial charge in [-0.25, -0.2) is 0 Å². The van der Waals surface area contributed by atoms with Gasteiger partial charge in [0.15, 0.2) is 0 Å². The molecule has 0 saturated carbocycles. The van der Waals surface area contributed by atoms with Gasteiger partial charge in [0, 0.05) is 0 Å². The lowest BCUT2D eigenvalue weighted by atomic mass is 10.0. The van der Waals surface area contributed by atoms with Crippen molar-refractivity contribution in [2.45, 2.75) is 32.2 Å². The van der Waals surface area contributed by atoms with E-state index >= 15 is 0 Å². The number of rotatable bonds is 3. The summed E-state index contributed by atoms with van der Waals surface area (Å²) in [7, 11) is 0. The van der Waals surface area contributed by atoms with Crippen LogP contribution in [0.2, 0.25) is 0 Å². The highest BCUT2D eigenvalue weighted by Gasteiger charge is 2.39. The maximum absolute atomic E-state index is 5.62. The minimum absolute atomic E-state index is 0.0963. The fraction of sp³-hybridized carbons (Fsp3) is 0.636. The normalized spacial score (nSPS) is 35.3. The van der Waals surface area contributed by atoms with Crippen LogP contribution in [0.5, 0.6) is 0 Å². The standard InChI is InChI=1S/C11H16O2/c1-5-9(4)10-8-12-11(6-2,7-3)13-10/h2,7,9-10H,3,5,8H2,1,4H3. The zero-order valence-electron chi connectivity index (χ0n) is 8.25. The molecule has 3 unspecified atom stereocenters. The predicted molar refractivity (Wildman–Crippen MR) is 52.0 cm³/mol. The maximum Gasteiger partial charge on any atom is 0.254 e. The van der Waals surface area contributed by atoms with Crippen LogP contribution in [0.1, 0.15) is 20.3 Å². The van der Waals surface area contributed by atoms with Crippen molar-refractivity contribution in [1.82, 2.24) is 0 Å². The fourth-order valence-electron chi connectivity index (χ4n) is 1.28. The second-order valence-corrected chi connectivity index (χ2v) is 3.37. The topological polar surface area (TPSA) is 18.5 Å². The summed E-state index contributed by atoms with van der Waals surface area (Å²) in [6, 6.07) is 0. The van der Waals surface area contributed by atoms with E-state index in [0.29, 0.717) is 12.5 Å². The van der Waals surface area contributed by atoms with Gasteiger partial charge in [0.1, 0.15) is 0 Å². The van der Waals surface area contributed by atoms with Crippen molar-refractivity contribution in [2.75, 3.05) is 6.61 Å². The van der Waals surface area contributed by atoms with E-state index in [9.17, 15) is 0 Å². The highest BCUT2D eigenvalue weighted by molar-refractivity contribution is 5.14. The first-order chi connectivity index (χ1) is 6.17. The summed E-state index contributed by atoms with van der Waals surface area (Å²) in [5.41, 5.74) is 0. The zero-order chi connectivity index (χ0) is 9.90. The number of hydrogen-bond donors (Lipinski definition) is 0. The van der Waals surface area contributed by atoms with Crippen LogP contribution in [0.4, 0.5) is 0 Å². The van der Waals surface area contributed by atoms with Gasteiger partial charge in [-0.05, 0) is 17.9 Å². The van der Waals surface area contributed by atoms with Crippen LogP contribution in [-0.4, -0.2) is 18.5 Å². The van der Waals surface area contributed by atoms with Gasteiger partial charge in [0.05, 0.1) is 12.7 Å². The second-order valence-electron chi connectivity index (χ2n) is 3.37. The minimum Gasteiger partial charge on any atom is -0.334 e. The molecular formula is C11H16O2. The molecule has 1 fully saturated rings. The molecule has 0 spiro atoms. The summed E-state index contributed by atoms with van der Waals surface area (Å²) in [6.07, 6.45) is 8.01. The van der Waals surface area contributed by atoms with E-state index < -0.39 is 5.79 Å². The molecule has 0 amide bonds. The molecule has 3 atom stereocenters. The van der Waals surface area contributed by atoms with Gasteiger partial charge in [-0.15, -0.1) is 6.42 Å². The molecule has 0 aromatic rings. The largest absolute Gasteiger partial charge is 0.334 e. The zero-order valence-corrected chi connectivity index (χ0v) is 8.25. The van der Waals surface area contributed by atoms with E-state index in [0.717, 1.165) is 6.42 Å². The van der Waals surface area contributed by atoms with E-state index in [4.69, 9.17) is 15.9 Å². The molecule has 1 heterocycles. The van der Waals surface area contributed by atoms with E-state index in [1.54, 1.807) is 0 Å². The maximum atomic E-state index is 5.62. The minimum atomic E-state index is -0.978. The molecule has 72 valence electrons. The third-order valence-corrected chi connectivity index (χ3v) is 2.54. The summed E-state index contributed by atoms with van der Waals surface area (Å²) in [4.78, 5) is 0. The van der Waals surface area contributed by atoms with E-state index in [1.807, 2.05) is 0 Å². The first-order valence-electron chi connectivity index (χ1n) is 4.60. The van der Waals surface area contributed by atoms with Crippen molar-refractivity contribution >= 4 is 0 Å². The Morgan fingerprint density at radius 2 is 2.54 bits per heavy atom. The van der Waals surface area contributed by atoms with E-state index in [1.165, 1.54) is 6.08 Å². The molecule has 1 saturated heterocycles.